The Kier molecular flexibility index (Phi) is 5.36. The second kappa shape index (κ2) is 6.96. The van der Waals surface area contributed by atoms with Crippen molar-refractivity contribution in [2.75, 3.05) is 5.75 Å². The largest absolute Gasteiger partial charge is 0.406 e. The first-order chi connectivity index (χ1) is 11.1. The number of carbonyl (C=O) groups is 1. The lowest BCUT2D eigenvalue weighted by molar-refractivity contribution is -0.141. The van der Waals surface area contributed by atoms with Crippen LogP contribution in [-0.2, 0) is 6.54 Å². The summed E-state index contributed by atoms with van der Waals surface area (Å²) in [5.74, 6) is -0.191. The summed E-state index contributed by atoms with van der Waals surface area (Å²) in [6.07, 6.45) is -4.33. The lowest BCUT2D eigenvalue weighted by atomic mass is 10.2. The summed E-state index contributed by atoms with van der Waals surface area (Å²) in [5.41, 5.74) is 1.02. The van der Waals surface area contributed by atoms with Gasteiger partial charge in [-0.2, -0.15) is 13.2 Å². The molecule has 0 N–H and O–H groups in total. The molecular formula is C14H18F3N5OS. The molecule has 0 atom stereocenters. The fraction of sp³-hybridized carbons (Fsp3) is 0.571. The van der Waals surface area contributed by atoms with Gasteiger partial charge in [0.15, 0.2) is 5.78 Å². The molecule has 0 aliphatic heterocycles. The van der Waals surface area contributed by atoms with Crippen LogP contribution in [0.25, 0.3) is 0 Å². The Labute approximate surface area is 141 Å². The molecule has 0 bridgehead atoms. The van der Waals surface area contributed by atoms with Crippen molar-refractivity contribution in [2.45, 2.75) is 51.6 Å². The zero-order valence-corrected chi connectivity index (χ0v) is 14.6. The maximum Gasteiger partial charge on any atom is 0.406 e. The Morgan fingerprint density at radius 2 is 2.00 bits per heavy atom. The van der Waals surface area contributed by atoms with Crippen LogP contribution in [0, 0.1) is 13.8 Å². The standard InChI is InChI=1S/C14H18F3N5OS/c1-8(2)22-13(18-19-20-22)24-6-12(23)11-5-9(3)21(10(11)4)7-14(15,16)17/h5,8H,6-7H2,1-4H3. The first kappa shape index (κ1) is 18.5. The van der Waals surface area contributed by atoms with Crippen LogP contribution in [0.15, 0.2) is 11.2 Å². The van der Waals surface area contributed by atoms with Crippen LogP contribution in [-0.4, -0.2) is 42.5 Å². The van der Waals surface area contributed by atoms with E-state index in [1.165, 1.54) is 24.8 Å². The van der Waals surface area contributed by atoms with Crippen LogP contribution in [0.3, 0.4) is 0 Å². The molecule has 0 radical (unpaired) electrons. The first-order valence-electron chi connectivity index (χ1n) is 7.27. The van der Waals surface area contributed by atoms with Crippen molar-refractivity contribution in [3.8, 4) is 0 Å². The van der Waals surface area contributed by atoms with Crippen molar-refractivity contribution in [1.29, 1.82) is 0 Å². The molecule has 0 amide bonds. The number of rotatable bonds is 6. The van der Waals surface area contributed by atoms with Crippen LogP contribution < -0.4 is 0 Å². The van der Waals surface area contributed by atoms with Gasteiger partial charge < -0.3 is 4.57 Å². The lowest BCUT2D eigenvalue weighted by Gasteiger charge is -2.12. The number of tetrazole rings is 1. The molecule has 0 saturated heterocycles. The summed E-state index contributed by atoms with van der Waals surface area (Å²) in [7, 11) is 0. The number of hydrogen-bond donors (Lipinski definition) is 0. The van der Waals surface area contributed by atoms with Gasteiger partial charge in [-0.25, -0.2) is 4.68 Å². The van der Waals surface area contributed by atoms with Crippen molar-refractivity contribution >= 4 is 17.5 Å². The van der Waals surface area contributed by atoms with Gasteiger partial charge in [0.2, 0.25) is 5.16 Å². The van der Waals surface area contributed by atoms with E-state index >= 15 is 0 Å². The van der Waals surface area contributed by atoms with Gasteiger partial charge in [0.1, 0.15) is 6.54 Å². The van der Waals surface area contributed by atoms with Crippen molar-refractivity contribution in [1.82, 2.24) is 24.8 Å². The Morgan fingerprint density at radius 3 is 2.58 bits per heavy atom. The molecule has 6 nitrogen and oxygen atoms in total. The average molecular weight is 361 g/mol. The second-order valence-electron chi connectivity index (χ2n) is 5.70. The van der Waals surface area contributed by atoms with E-state index in [1.807, 2.05) is 13.8 Å². The summed E-state index contributed by atoms with van der Waals surface area (Å²) < 4.78 is 40.6. The minimum Gasteiger partial charge on any atom is -0.339 e. The SMILES string of the molecule is Cc1cc(C(=O)CSc2nnnn2C(C)C)c(C)n1CC(F)(F)F. The first-order valence-corrected chi connectivity index (χ1v) is 8.26. The Bertz CT molecular complexity index is 735. The molecule has 24 heavy (non-hydrogen) atoms. The fourth-order valence-corrected chi connectivity index (χ4v) is 3.21. The van der Waals surface area contributed by atoms with Gasteiger partial charge >= 0.3 is 6.18 Å². The van der Waals surface area contributed by atoms with E-state index < -0.39 is 12.7 Å². The van der Waals surface area contributed by atoms with Gasteiger partial charge in [-0.3, -0.25) is 4.79 Å². The molecule has 0 unspecified atom stereocenters. The van der Waals surface area contributed by atoms with Crippen molar-refractivity contribution in [3.63, 3.8) is 0 Å². The molecule has 0 aliphatic rings. The maximum atomic E-state index is 12.6. The highest BCUT2D eigenvalue weighted by atomic mass is 32.2. The summed E-state index contributed by atoms with van der Waals surface area (Å²) in [4.78, 5) is 12.4. The number of ketones is 1. The van der Waals surface area contributed by atoms with E-state index in [-0.39, 0.29) is 17.6 Å². The molecule has 2 heterocycles. The summed E-state index contributed by atoms with van der Waals surface area (Å²) in [5, 5.41) is 11.8. The van der Waals surface area contributed by atoms with Gasteiger partial charge in [-0.1, -0.05) is 11.8 Å². The number of Topliss-reactive ketones (excluding diaryl/α,β-unsaturated/α-hetero) is 1. The Hall–Kier alpha value is -1.84. The van der Waals surface area contributed by atoms with E-state index in [0.717, 1.165) is 4.57 Å². The average Bonchev–Trinajstić information content (AvgIpc) is 3.03. The topological polar surface area (TPSA) is 65.6 Å². The third-order valence-electron chi connectivity index (χ3n) is 3.50. The second-order valence-corrected chi connectivity index (χ2v) is 6.64. The summed E-state index contributed by atoms with van der Waals surface area (Å²) in [6.45, 7) is 5.80. The predicted octanol–water partition coefficient (Wildman–Crippen LogP) is 3.21. The van der Waals surface area contributed by atoms with Crippen LogP contribution in [0.2, 0.25) is 0 Å². The minimum atomic E-state index is -4.33. The quantitative estimate of drug-likeness (QED) is 0.584. The Balaban J connectivity index is 2.13. The molecule has 10 heteroatoms. The fourth-order valence-electron chi connectivity index (χ4n) is 2.32. The lowest BCUT2D eigenvalue weighted by Crippen LogP contribution is -2.19. The molecule has 0 fully saturated rings. The van der Waals surface area contributed by atoms with Crippen molar-refractivity contribution in [2.24, 2.45) is 0 Å². The molecule has 0 aromatic carbocycles. The number of aryl methyl sites for hydroxylation is 1. The van der Waals surface area contributed by atoms with Gasteiger partial charge in [0.05, 0.1) is 11.8 Å². The zero-order valence-electron chi connectivity index (χ0n) is 13.8. The molecular weight excluding hydrogens is 343 g/mol. The highest BCUT2D eigenvalue weighted by Crippen LogP contribution is 2.25. The van der Waals surface area contributed by atoms with Crippen LogP contribution in [0.5, 0.6) is 0 Å². The zero-order chi connectivity index (χ0) is 18.1. The molecule has 0 spiro atoms. The number of aromatic nitrogens is 5. The highest BCUT2D eigenvalue weighted by molar-refractivity contribution is 7.99. The van der Waals surface area contributed by atoms with E-state index in [1.54, 1.807) is 11.6 Å². The smallest absolute Gasteiger partial charge is 0.339 e. The molecule has 132 valence electrons. The van der Waals surface area contributed by atoms with E-state index in [0.29, 0.717) is 22.1 Å². The molecule has 2 rings (SSSR count). The molecule has 2 aromatic rings. The molecule has 2 aromatic heterocycles. The van der Waals surface area contributed by atoms with E-state index in [4.69, 9.17) is 0 Å². The van der Waals surface area contributed by atoms with Crippen molar-refractivity contribution < 1.29 is 18.0 Å². The third-order valence-corrected chi connectivity index (χ3v) is 4.43. The summed E-state index contributed by atoms with van der Waals surface area (Å²) in [6, 6.07) is 1.55. The van der Waals surface area contributed by atoms with Crippen LogP contribution >= 0.6 is 11.8 Å². The predicted molar refractivity (Wildman–Crippen MR) is 83.2 cm³/mol. The number of alkyl halides is 3. The van der Waals surface area contributed by atoms with Gasteiger partial charge in [0, 0.05) is 17.0 Å². The summed E-state index contributed by atoms with van der Waals surface area (Å²) >= 11 is 1.17. The number of nitrogens with zero attached hydrogens (tertiary/aromatic N) is 5. The number of thioether (sulfide) groups is 1. The van der Waals surface area contributed by atoms with Gasteiger partial charge in [-0.15, -0.1) is 5.10 Å². The van der Waals surface area contributed by atoms with Crippen LogP contribution in [0.1, 0.15) is 41.6 Å². The van der Waals surface area contributed by atoms with E-state index in [2.05, 4.69) is 15.5 Å². The molecule has 0 saturated carbocycles. The monoisotopic (exact) mass is 361 g/mol. The number of hydrogen-bond acceptors (Lipinski definition) is 5. The minimum absolute atomic E-state index is 0.0504. The Morgan fingerprint density at radius 1 is 1.33 bits per heavy atom. The van der Waals surface area contributed by atoms with E-state index in [9.17, 15) is 18.0 Å². The maximum absolute atomic E-state index is 12.6. The number of halogens is 3. The van der Waals surface area contributed by atoms with Gasteiger partial charge in [-0.05, 0) is 44.2 Å². The molecule has 0 aliphatic carbocycles. The highest BCUT2D eigenvalue weighted by Gasteiger charge is 2.30. The van der Waals surface area contributed by atoms with Crippen LogP contribution in [0.4, 0.5) is 13.2 Å². The third kappa shape index (κ3) is 4.16. The normalized spacial score (nSPS) is 12.2. The van der Waals surface area contributed by atoms with Gasteiger partial charge in [0.25, 0.3) is 0 Å². The van der Waals surface area contributed by atoms with Crippen molar-refractivity contribution in [3.05, 3.63) is 23.0 Å². The number of carbonyl (C=O) groups excluding carboxylic acids is 1.